The van der Waals surface area contributed by atoms with E-state index in [1.807, 2.05) is 20.0 Å². The summed E-state index contributed by atoms with van der Waals surface area (Å²) in [5, 5.41) is 17.9. The summed E-state index contributed by atoms with van der Waals surface area (Å²) in [5.41, 5.74) is 0.936. The van der Waals surface area contributed by atoms with Crippen molar-refractivity contribution in [3.63, 3.8) is 0 Å². The molecular formula is C14H17N5OS2. The first-order chi connectivity index (χ1) is 10.6. The molecule has 0 aliphatic carbocycles. The van der Waals surface area contributed by atoms with Gasteiger partial charge in [-0.15, -0.1) is 21.5 Å². The van der Waals surface area contributed by atoms with Crippen molar-refractivity contribution in [3.8, 4) is 0 Å². The highest BCUT2D eigenvalue weighted by molar-refractivity contribution is 7.20. The van der Waals surface area contributed by atoms with Crippen LogP contribution in [0.25, 0.3) is 10.2 Å². The van der Waals surface area contributed by atoms with E-state index >= 15 is 0 Å². The molecule has 0 atom stereocenters. The fourth-order valence-electron chi connectivity index (χ4n) is 2.21. The first kappa shape index (κ1) is 15.1. The van der Waals surface area contributed by atoms with Crippen LogP contribution in [0.3, 0.4) is 0 Å². The second-order valence-electron chi connectivity index (χ2n) is 5.10. The number of thiophene rings is 1. The van der Waals surface area contributed by atoms with Crippen LogP contribution in [-0.2, 0) is 13.5 Å². The minimum atomic E-state index is -0.140. The van der Waals surface area contributed by atoms with Crippen molar-refractivity contribution >= 4 is 43.9 Å². The third-order valence-corrected chi connectivity index (χ3v) is 5.45. The highest BCUT2D eigenvalue weighted by atomic mass is 32.1. The first-order valence-electron chi connectivity index (χ1n) is 7.15. The van der Waals surface area contributed by atoms with Crippen molar-refractivity contribution in [1.82, 2.24) is 20.0 Å². The maximum Gasteiger partial charge on any atom is 0.267 e. The molecule has 3 aromatic heterocycles. The second-order valence-corrected chi connectivity index (χ2v) is 7.19. The third kappa shape index (κ3) is 2.89. The molecule has 6 nitrogen and oxygen atoms in total. The molecule has 3 aromatic rings. The highest BCUT2D eigenvalue weighted by Gasteiger charge is 2.16. The lowest BCUT2D eigenvalue weighted by Crippen LogP contribution is -2.09. The number of nitrogens with zero attached hydrogens (tertiary/aromatic N) is 4. The molecule has 8 heteroatoms. The maximum atomic E-state index is 12.3. The molecule has 22 heavy (non-hydrogen) atoms. The first-order valence-corrected chi connectivity index (χ1v) is 8.78. The van der Waals surface area contributed by atoms with Gasteiger partial charge in [-0.1, -0.05) is 24.7 Å². The van der Waals surface area contributed by atoms with Crippen LogP contribution in [0.15, 0.2) is 6.07 Å². The minimum Gasteiger partial charge on any atom is -0.296 e. The normalized spacial score (nSPS) is 11.2. The number of carbonyl (C=O) groups excluding carboxylic acids is 1. The number of aryl methyl sites for hydroxylation is 3. The summed E-state index contributed by atoms with van der Waals surface area (Å²) in [6, 6.07) is 1.89. The molecule has 0 unspecified atom stereocenters. The van der Waals surface area contributed by atoms with Crippen molar-refractivity contribution < 1.29 is 4.79 Å². The summed E-state index contributed by atoms with van der Waals surface area (Å²) >= 11 is 2.88. The summed E-state index contributed by atoms with van der Waals surface area (Å²) in [7, 11) is 1.89. The largest absolute Gasteiger partial charge is 0.296 e. The van der Waals surface area contributed by atoms with Gasteiger partial charge in [-0.05, 0) is 19.4 Å². The molecule has 116 valence electrons. The van der Waals surface area contributed by atoms with Gasteiger partial charge in [-0.2, -0.15) is 5.10 Å². The van der Waals surface area contributed by atoms with E-state index in [1.54, 1.807) is 4.68 Å². The lowest BCUT2D eigenvalue weighted by Gasteiger charge is -1.97. The Kier molecular flexibility index (Phi) is 4.21. The summed E-state index contributed by atoms with van der Waals surface area (Å²) in [5.74, 6) is -0.140. The van der Waals surface area contributed by atoms with Gasteiger partial charge in [0.2, 0.25) is 5.13 Å². The van der Waals surface area contributed by atoms with E-state index in [2.05, 4.69) is 27.5 Å². The maximum absolute atomic E-state index is 12.3. The van der Waals surface area contributed by atoms with Gasteiger partial charge in [0, 0.05) is 18.9 Å². The number of anilines is 1. The molecule has 0 aliphatic rings. The fourth-order valence-corrected chi connectivity index (χ4v) is 4.00. The monoisotopic (exact) mass is 335 g/mol. The quantitative estimate of drug-likeness (QED) is 0.776. The minimum absolute atomic E-state index is 0.140. The van der Waals surface area contributed by atoms with Crippen LogP contribution in [0.4, 0.5) is 5.13 Å². The Bertz CT molecular complexity index is 782. The van der Waals surface area contributed by atoms with E-state index < -0.39 is 0 Å². The van der Waals surface area contributed by atoms with Crippen molar-refractivity contribution in [2.75, 3.05) is 5.32 Å². The van der Waals surface area contributed by atoms with Gasteiger partial charge >= 0.3 is 0 Å². The van der Waals surface area contributed by atoms with Crippen LogP contribution in [0.1, 0.15) is 40.1 Å². The predicted octanol–water partition coefficient (Wildman–Crippen LogP) is 3.39. The van der Waals surface area contributed by atoms with Gasteiger partial charge in [0.15, 0.2) is 0 Å². The van der Waals surface area contributed by atoms with Crippen molar-refractivity contribution in [2.45, 2.75) is 33.1 Å². The average Bonchev–Trinajstić information content (AvgIpc) is 3.16. The van der Waals surface area contributed by atoms with E-state index in [0.29, 0.717) is 10.0 Å². The van der Waals surface area contributed by atoms with E-state index in [1.165, 1.54) is 22.7 Å². The SMILES string of the molecule is CCCCc1nnc(NC(=O)c2cc3c(C)nn(C)c3s2)s1. The molecule has 0 bridgehead atoms. The molecule has 0 fully saturated rings. The number of rotatable bonds is 5. The van der Waals surface area contributed by atoms with Gasteiger partial charge in [-0.3, -0.25) is 14.8 Å². The Morgan fingerprint density at radius 1 is 1.36 bits per heavy atom. The van der Waals surface area contributed by atoms with Crippen LogP contribution in [0, 0.1) is 6.92 Å². The van der Waals surface area contributed by atoms with Gasteiger partial charge in [-0.25, -0.2) is 0 Å². The zero-order valence-electron chi connectivity index (χ0n) is 12.7. The molecular weight excluding hydrogens is 318 g/mol. The van der Waals surface area contributed by atoms with Crippen LogP contribution in [-0.4, -0.2) is 25.9 Å². The predicted molar refractivity (Wildman–Crippen MR) is 89.8 cm³/mol. The number of carbonyl (C=O) groups is 1. The summed E-state index contributed by atoms with van der Waals surface area (Å²) in [6.07, 6.45) is 3.12. The molecule has 3 rings (SSSR count). The molecule has 0 saturated heterocycles. The van der Waals surface area contributed by atoms with Gasteiger partial charge in [0.25, 0.3) is 5.91 Å². The van der Waals surface area contributed by atoms with Crippen molar-refractivity contribution in [3.05, 3.63) is 21.6 Å². The molecule has 0 spiro atoms. The topological polar surface area (TPSA) is 72.7 Å². The summed E-state index contributed by atoms with van der Waals surface area (Å²) < 4.78 is 1.81. The molecule has 0 radical (unpaired) electrons. The highest BCUT2D eigenvalue weighted by Crippen LogP contribution is 2.28. The third-order valence-electron chi connectivity index (χ3n) is 3.35. The molecule has 0 aromatic carbocycles. The number of hydrogen-bond donors (Lipinski definition) is 1. The van der Waals surface area contributed by atoms with Gasteiger partial charge in [0.05, 0.1) is 10.6 Å². The van der Waals surface area contributed by atoms with Gasteiger partial charge in [0.1, 0.15) is 9.84 Å². The number of nitrogens with one attached hydrogen (secondary N) is 1. The zero-order chi connectivity index (χ0) is 15.7. The molecule has 1 N–H and O–H groups in total. The lowest BCUT2D eigenvalue weighted by atomic mass is 10.3. The van der Waals surface area contributed by atoms with Crippen molar-refractivity contribution in [2.24, 2.45) is 7.05 Å². The van der Waals surface area contributed by atoms with E-state index in [4.69, 9.17) is 0 Å². The number of aromatic nitrogens is 4. The number of amides is 1. The number of fused-ring (bicyclic) bond motifs is 1. The van der Waals surface area contributed by atoms with E-state index in [0.717, 1.165) is 40.2 Å². The zero-order valence-corrected chi connectivity index (χ0v) is 14.3. The van der Waals surface area contributed by atoms with Crippen LogP contribution >= 0.6 is 22.7 Å². The second kappa shape index (κ2) is 6.13. The average molecular weight is 335 g/mol. The Morgan fingerprint density at radius 3 is 2.91 bits per heavy atom. The molecule has 0 saturated carbocycles. The molecule has 3 heterocycles. The fraction of sp³-hybridized carbons (Fsp3) is 0.429. The van der Waals surface area contributed by atoms with Crippen LogP contribution in [0.5, 0.6) is 0 Å². The lowest BCUT2D eigenvalue weighted by molar-refractivity contribution is 0.103. The Labute approximate surface area is 136 Å². The Morgan fingerprint density at radius 2 is 2.18 bits per heavy atom. The summed E-state index contributed by atoms with van der Waals surface area (Å²) in [6.45, 7) is 4.09. The van der Waals surface area contributed by atoms with Crippen molar-refractivity contribution in [1.29, 1.82) is 0 Å². The smallest absolute Gasteiger partial charge is 0.267 e. The number of hydrogen-bond acceptors (Lipinski definition) is 6. The van der Waals surface area contributed by atoms with Crippen LogP contribution < -0.4 is 5.32 Å². The van der Waals surface area contributed by atoms with Gasteiger partial charge < -0.3 is 0 Å². The number of unbranched alkanes of at least 4 members (excludes halogenated alkanes) is 1. The Balaban J connectivity index is 1.75. The standard InChI is InChI=1S/C14H17N5OS2/c1-4-5-6-11-16-17-14(22-11)15-12(20)10-7-9-8(2)18-19(3)13(9)21-10/h7H,4-6H2,1-3H3,(H,15,17,20). The summed E-state index contributed by atoms with van der Waals surface area (Å²) in [4.78, 5) is 14.0. The van der Waals surface area contributed by atoms with E-state index in [-0.39, 0.29) is 5.91 Å². The Hall–Kier alpha value is -1.80. The molecule has 1 amide bonds. The molecule has 0 aliphatic heterocycles. The van der Waals surface area contributed by atoms with Crippen LogP contribution in [0.2, 0.25) is 0 Å². The van der Waals surface area contributed by atoms with E-state index in [9.17, 15) is 4.79 Å².